The van der Waals surface area contributed by atoms with Gasteiger partial charge >= 0.3 is 5.97 Å². The zero-order valence-corrected chi connectivity index (χ0v) is 12.3. The van der Waals surface area contributed by atoms with E-state index in [9.17, 15) is 9.90 Å². The molecular weight excluding hydrogens is 236 g/mol. The van der Waals surface area contributed by atoms with Gasteiger partial charge in [-0.05, 0) is 74.0 Å². The van der Waals surface area contributed by atoms with Gasteiger partial charge in [0.25, 0.3) is 0 Å². The summed E-state index contributed by atoms with van der Waals surface area (Å²) in [4.78, 5) is 11.6. The second-order valence-electron chi connectivity index (χ2n) is 7.76. The van der Waals surface area contributed by atoms with Gasteiger partial charge in [-0.1, -0.05) is 20.3 Å². The van der Waals surface area contributed by atoms with E-state index in [1.165, 1.54) is 32.1 Å². The van der Waals surface area contributed by atoms with Crippen molar-refractivity contribution in [3.63, 3.8) is 0 Å². The van der Waals surface area contributed by atoms with Crippen molar-refractivity contribution in [2.45, 2.75) is 58.8 Å². The molecule has 0 heterocycles. The molecule has 0 aliphatic heterocycles. The minimum atomic E-state index is -0.519. The summed E-state index contributed by atoms with van der Waals surface area (Å²) < 4.78 is 0. The van der Waals surface area contributed by atoms with Crippen molar-refractivity contribution in [1.29, 1.82) is 0 Å². The maximum absolute atomic E-state index is 11.6. The smallest absolute Gasteiger partial charge is 0.306 e. The average Bonchev–Trinajstić information content (AvgIpc) is 3.00. The Morgan fingerprint density at radius 2 is 1.79 bits per heavy atom. The van der Waals surface area contributed by atoms with Crippen LogP contribution in [0, 0.1) is 41.4 Å². The van der Waals surface area contributed by atoms with E-state index < -0.39 is 5.97 Å². The normalized spacial score (nSPS) is 45.8. The summed E-state index contributed by atoms with van der Waals surface area (Å²) in [6.07, 6.45) is 8.78. The molecule has 3 aliphatic carbocycles. The Morgan fingerprint density at radius 1 is 1.00 bits per heavy atom. The third kappa shape index (κ3) is 2.43. The highest BCUT2D eigenvalue weighted by atomic mass is 16.4. The fourth-order valence-electron chi connectivity index (χ4n) is 5.44. The lowest BCUT2D eigenvalue weighted by molar-refractivity contribution is -0.147. The lowest BCUT2D eigenvalue weighted by atomic mass is 9.63. The molecule has 2 bridgehead atoms. The van der Waals surface area contributed by atoms with E-state index in [-0.39, 0.29) is 5.92 Å². The zero-order chi connectivity index (χ0) is 13.6. The molecule has 0 spiro atoms. The van der Waals surface area contributed by atoms with Crippen LogP contribution in [0.1, 0.15) is 58.8 Å². The predicted octanol–water partition coefficient (Wildman–Crippen LogP) is 4.20. The molecule has 3 rings (SSSR count). The molecule has 6 atom stereocenters. The van der Waals surface area contributed by atoms with Crippen LogP contribution in [0.2, 0.25) is 0 Å². The van der Waals surface area contributed by atoms with Gasteiger partial charge in [-0.3, -0.25) is 4.79 Å². The van der Waals surface area contributed by atoms with E-state index in [2.05, 4.69) is 13.8 Å². The molecule has 3 aliphatic rings. The Hall–Kier alpha value is -0.530. The molecule has 19 heavy (non-hydrogen) atoms. The number of carboxylic acid groups (broad SMARTS) is 1. The highest BCUT2D eigenvalue weighted by Crippen LogP contribution is 2.55. The molecule has 0 aromatic carbocycles. The number of hydrogen-bond donors (Lipinski definition) is 1. The van der Waals surface area contributed by atoms with Gasteiger partial charge in [0.1, 0.15) is 0 Å². The van der Waals surface area contributed by atoms with E-state index in [1.807, 2.05) is 0 Å². The highest BCUT2D eigenvalue weighted by Gasteiger charge is 2.48. The second-order valence-corrected chi connectivity index (χ2v) is 7.76. The Balaban J connectivity index is 1.75. The summed E-state index contributed by atoms with van der Waals surface area (Å²) in [5.74, 6) is 3.94. The van der Waals surface area contributed by atoms with E-state index in [0.29, 0.717) is 5.92 Å². The van der Waals surface area contributed by atoms with Gasteiger partial charge < -0.3 is 5.11 Å². The standard InChI is InChI=1S/C17H28O2/c1-10(2)12-5-6-14(17(18)19)16(9-12)15-8-11-3-4-13(15)7-11/h10-16H,3-9H2,1-2H3,(H,18,19). The van der Waals surface area contributed by atoms with E-state index in [4.69, 9.17) is 0 Å². The van der Waals surface area contributed by atoms with Crippen LogP contribution >= 0.6 is 0 Å². The lowest BCUT2D eigenvalue weighted by Gasteiger charge is -2.41. The van der Waals surface area contributed by atoms with Gasteiger partial charge in [-0.2, -0.15) is 0 Å². The van der Waals surface area contributed by atoms with Crippen molar-refractivity contribution in [2.24, 2.45) is 41.4 Å². The monoisotopic (exact) mass is 264 g/mol. The van der Waals surface area contributed by atoms with Crippen molar-refractivity contribution < 1.29 is 9.90 Å². The van der Waals surface area contributed by atoms with Crippen LogP contribution in [-0.4, -0.2) is 11.1 Å². The lowest BCUT2D eigenvalue weighted by Crippen LogP contribution is -2.38. The number of carbonyl (C=O) groups is 1. The van der Waals surface area contributed by atoms with Crippen LogP contribution in [0.5, 0.6) is 0 Å². The van der Waals surface area contributed by atoms with Crippen LogP contribution < -0.4 is 0 Å². The van der Waals surface area contributed by atoms with E-state index in [1.54, 1.807) is 0 Å². The van der Waals surface area contributed by atoms with Gasteiger partial charge in [0, 0.05) is 0 Å². The van der Waals surface area contributed by atoms with Crippen molar-refractivity contribution in [1.82, 2.24) is 0 Å². The molecule has 0 aromatic rings. The topological polar surface area (TPSA) is 37.3 Å². The summed E-state index contributed by atoms with van der Waals surface area (Å²) in [6.45, 7) is 4.62. The Kier molecular flexibility index (Phi) is 3.61. The van der Waals surface area contributed by atoms with E-state index in [0.717, 1.165) is 42.4 Å². The maximum atomic E-state index is 11.6. The first-order valence-electron chi connectivity index (χ1n) is 8.29. The molecule has 108 valence electrons. The molecule has 0 saturated heterocycles. The quantitative estimate of drug-likeness (QED) is 0.829. The maximum Gasteiger partial charge on any atom is 0.306 e. The number of aliphatic carboxylic acids is 1. The third-order valence-electron chi connectivity index (χ3n) is 6.54. The first kappa shape index (κ1) is 13.5. The largest absolute Gasteiger partial charge is 0.481 e. The van der Waals surface area contributed by atoms with Crippen LogP contribution in [0.25, 0.3) is 0 Å². The van der Waals surface area contributed by atoms with Gasteiger partial charge in [0.15, 0.2) is 0 Å². The molecule has 0 aromatic heterocycles. The van der Waals surface area contributed by atoms with Gasteiger partial charge in [-0.15, -0.1) is 0 Å². The predicted molar refractivity (Wildman–Crippen MR) is 75.7 cm³/mol. The Bertz CT molecular complexity index is 349. The van der Waals surface area contributed by atoms with E-state index >= 15 is 0 Å². The van der Waals surface area contributed by atoms with Crippen LogP contribution in [0.4, 0.5) is 0 Å². The Labute approximate surface area is 117 Å². The SMILES string of the molecule is CC(C)C1CCC(C(=O)O)C(C2CC3CCC2C3)C1. The summed E-state index contributed by atoms with van der Waals surface area (Å²) in [5.41, 5.74) is 0. The first-order chi connectivity index (χ1) is 9.06. The number of hydrogen-bond acceptors (Lipinski definition) is 1. The van der Waals surface area contributed by atoms with Crippen LogP contribution in [-0.2, 0) is 4.79 Å². The fraction of sp³-hybridized carbons (Fsp3) is 0.941. The summed E-state index contributed by atoms with van der Waals surface area (Å²) in [5, 5.41) is 9.56. The minimum Gasteiger partial charge on any atom is -0.481 e. The fourth-order valence-corrected chi connectivity index (χ4v) is 5.44. The van der Waals surface area contributed by atoms with Crippen molar-refractivity contribution in [2.75, 3.05) is 0 Å². The molecule has 2 nitrogen and oxygen atoms in total. The minimum absolute atomic E-state index is 0.0423. The molecular formula is C17H28O2. The Morgan fingerprint density at radius 3 is 2.32 bits per heavy atom. The van der Waals surface area contributed by atoms with Gasteiger partial charge in [-0.25, -0.2) is 0 Å². The molecule has 0 amide bonds. The molecule has 3 fully saturated rings. The summed E-state index contributed by atoms with van der Waals surface area (Å²) in [6, 6.07) is 0. The third-order valence-corrected chi connectivity index (χ3v) is 6.54. The van der Waals surface area contributed by atoms with Gasteiger partial charge in [0.2, 0.25) is 0 Å². The second kappa shape index (κ2) is 5.10. The van der Waals surface area contributed by atoms with Crippen LogP contribution in [0.3, 0.4) is 0 Å². The van der Waals surface area contributed by atoms with Gasteiger partial charge in [0.05, 0.1) is 5.92 Å². The molecule has 6 unspecified atom stereocenters. The van der Waals surface area contributed by atoms with Crippen LogP contribution in [0.15, 0.2) is 0 Å². The summed E-state index contributed by atoms with van der Waals surface area (Å²) >= 11 is 0. The number of fused-ring (bicyclic) bond motifs is 2. The zero-order valence-electron chi connectivity index (χ0n) is 12.3. The van der Waals surface area contributed by atoms with Crippen molar-refractivity contribution in [3.05, 3.63) is 0 Å². The van der Waals surface area contributed by atoms with Crippen molar-refractivity contribution >= 4 is 5.97 Å². The molecule has 3 saturated carbocycles. The highest BCUT2D eigenvalue weighted by molar-refractivity contribution is 5.70. The number of rotatable bonds is 3. The molecule has 2 heteroatoms. The first-order valence-corrected chi connectivity index (χ1v) is 8.29. The molecule has 0 radical (unpaired) electrons. The average molecular weight is 264 g/mol. The van der Waals surface area contributed by atoms with Crippen molar-refractivity contribution in [3.8, 4) is 0 Å². The summed E-state index contributed by atoms with van der Waals surface area (Å²) in [7, 11) is 0. The number of carboxylic acids is 1. The molecule has 1 N–H and O–H groups in total.